The molecule has 2 heterocycles. The molecule has 43 heavy (non-hydrogen) atoms. The zero-order valence-electron chi connectivity index (χ0n) is 23.9. The van der Waals surface area contributed by atoms with Crippen molar-refractivity contribution in [2.45, 2.75) is 30.1 Å². The van der Waals surface area contributed by atoms with Crippen molar-refractivity contribution < 1.29 is 33.9 Å². The zero-order chi connectivity index (χ0) is 30.4. The number of aromatic nitrogens is 2. The summed E-state index contributed by atoms with van der Waals surface area (Å²) in [5, 5.41) is 20.6. The van der Waals surface area contributed by atoms with Crippen molar-refractivity contribution in [1.82, 2.24) is 9.55 Å². The number of hydrogen-bond acceptors (Lipinski definition) is 10. The van der Waals surface area contributed by atoms with E-state index in [-0.39, 0.29) is 19.0 Å². The van der Waals surface area contributed by atoms with Gasteiger partial charge in [-0.15, -0.1) is 0 Å². The molecule has 1 aromatic heterocycles. The van der Waals surface area contributed by atoms with Crippen LogP contribution in [-0.4, -0.2) is 72.1 Å². The molecule has 1 aliphatic heterocycles. The number of ether oxygens (including phenoxy) is 5. The Morgan fingerprint density at radius 2 is 1.47 bits per heavy atom. The van der Waals surface area contributed by atoms with Gasteiger partial charge in [0.15, 0.2) is 6.23 Å². The molecule has 11 nitrogen and oxygen atoms in total. The quantitative estimate of drug-likeness (QED) is 0.166. The van der Waals surface area contributed by atoms with Crippen molar-refractivity contribution in [1.29, 1.82) is 0 Å². The minimum atomic E-state index is -1.21. The molecule has 4 N–H and O–H groups in total. The Bertz CT molecular complexity index is 1480. The highest BCUT2D eigenvalue weighted by molar-refractivity contribution is 5.49. The Balaban J connectivity index is 1.46. The van der Waals surface area contributed by atoms with Crippen LogP contribution in [0.3, 0.4) is 0 Å². The first-order valence-electron chi connectivity index (χ1n) is 13.8. The third-order valence-electron chi connectivity index (χ3n) is 7.50. The molecule has 0 saturated carbocycles. The normalized spacial score (nSPS) is 20.2. The molecule has 0 spiro atoms. The van der Waals surface area contributed by atoms with Crippen molar-refractivity contribution in [3.8, 4) is 11.5 Å². The number of hydrogen-bond donors (Lipinski definition) is 3. The number of aliphatic hydroxyl groups is 2. The standard InChI is InChI=1S/C32H35N3O8/c1-39-24-12-8-22(9-13-24)32(21-6-4-3-5-7-21,23-10-14-25(40-2)15-11-23)42-19-18-41-29-28(37)26(20-36)43-30(29)35-17-16-27(33)34-31(35)38/h3-17,26,28-30,36-37H,18-20H2,1-2H3,(H2,33,34,38)/t26-,28-,29-,30-/m1/s1. The number of methoxy groups -OCH3 is 2. The first-order chi connectivity index (χ1) is 20.9. The molecule has 0 aliphatic carbocycles. The van der Waals surface area contributed by atoms with E-state index in [1.807, 2.05) is 78.9 Å². The molecule has 0 radical (unpaired) electrons. The highest BCUT2D eigenvalue weighted by Crippen LogP contribution is 2.41. The first kappa shape index (κ1) is 30.2. The van der Waals surface area contributed by atoms with E-state index in [1.165, 1.54) is 16.8 Å². The summed E-state index contributed by atoms with van der Waals surface area (Å²) in [4.78, 5) is 16.3. The average molecular weight is 590 g/mol. The molecule has 11 heteroatoms. The summed E-state index contributed by atoms with van der Waals surface area (Å²) in [5.74, 6) is 1.46. The number of nitrogen functional groups attached to an aromatic ring is 1. The smallest absolute Gasteiger partial charge is 0.351 e. The number of nitrogens with two attached hydrogens (primary N) is 1. The van der Waals surface area contributed by atoms with Crippen LogP contribution >= 0.6 is 0 Å². The molecule has 3 aromatic carbocycles. The van der Waals surface area contributed by atoms with Gasteiger partial charge in [0.2, 0.25) is 0 Å². The van der Waals surface area contributed by atoms with E-state index >= 15 is 0 Å². The van der Waals surface area contributed by atoms with Gasteiger partial charge in [-0.2, -0.15) is 4.98 Å². The maximum atomic E-state index is 12.5. The van der Waals surface area contributed by atoms with Crippen LogP contribution in [0.1, 0.15) is 22.9 Å². The van der Waals surface area contributed by atoms with E-state index in [2.05, 4.69) is 4.98 Å². The lowest BCUT2D eigenvalue weighted by Gasteiger charge is -2.36. The molecule has 0 bridgehead atoms. The maximum absolute atomic E-state index is 12.5. The average Bonchev–Trinajstić information content (AvgIpc) is 3.36. The highest BCUT2D eigenvalue weighted by Gasteiger charge is 2.46. The van der Waals surface area contributed by atoms with Crippen molar-refractivity contribution in [3.05, 3.63) is 118 Å². The molecule has 4 aromatic rings. The van der Waals surface area contributed by atoms with Crippen LogP contribution in [0.25, 0.3) is 0 Å². The largest absolute Gasteiger partial charge is 0.497 e. The van der Waals surface area contributed by atoms with Crippen LogP contribution in [0.2, 0.25) is 0 Å². The summed E-state index contributed by atoms with van der Waals surface area (Å²) < 4.78 is 30.7. The number of nitrogens with zero attached hydrogens (tertiary/aromatic N) is 2. The van der Waals surface area contributed by atoms with Gasteiger partial charge in [0, 0.05) is 6.20 Å². The van der Waals surface area contributed by atoms with Gasteiger partial charge in [0.05, 0.1) is 34.0 Å². The summed E-state index contributed by atoms with van der Waals surface area (Å²) in [6.45, 7) is -0.351. The van der Waals surface area contributed by atoms with E-state index in [1.54, 1.807) is 14.2 Å². The molecule has 1 saturated heterocycles. The van der Waals surface area contributed by atoms with Gasteiger partial charge >= 0.3 is 5.69 Å². The Kier molecular flexibility index (Phi) is 9.39. The third-order valence-corrected chi connectivity index (χ3v) is 7.50. The zero-order valence-corrected chi connectivity index (χ0v) is 23.9. The maximum Gasteiger partial charge on any atom is 0.351 e. The van der Waals surface area contributed by atoms with Gasteiger partial charge in [-0.1, -0.05) is 54.6 Å². The van der Waals surface area contributed by atoms with E-state index in [0.29, 0.717) is 11.5 Å². The third kappa shape index (κ3) is 6.12. The molecule has 5 rings (SSSR count). The summed E-state index contributed by atoms with van der Waals surface area (Å²) in [5.41, 5.74) is 6.51. The van der Waals surface area contributed by atoms with Gasteiger partial charge in [0.1, 0.15) is 41.2 Å². The molecule has 226 valence electrons. The number of benzene rings is 3. The molecule has 0 unspecified atom stereocenters. The van der Waals surface area contributed by atoms with Gasteiger partial charge in [-0.3, -0.25) is 4.57 Å². The van der Waals surface area contributed by atoms with E-state index in [4.69, 9.17) is 29.4 Å². The molecule has 1 aliphatic rings. The van der Waals surface area contributed by atoms with Crippen molar-refractivity contribution in [3.63, 3.8) is 0 Å². The van der Waals surface area contributed by atoms with Gasteiger partial charge in [-0.25, -0.2) is 4.79 Å². The van der Waals surface area contributed by atoms with E-state index < -0.39 is 42.4 Å². The van der Waals surface area contributed by atoms with Crippen molar-refractivity contribution >= 4 is 5.82 Å². The molecular formula is C32H35N3O8. The first-order valence-corrected chi connectivity index (χ1v) is 13.8. The highest BCUT2D eigenvalue weighted by atomic mass is 16.6. The van der Waals surface area contributed by atoms with Crippen LogP contribution in [0.5, 0.6) is 11.5 Å². The van der Waals surface area contributed by atoms with Gasteiger partial charge in [0.25, 0.3) is 0 Å². The molecule has 1 fully saturated rings. The minimum Gasteiger partial charge on any atom is -0.497 e. The Morgan fingerprint density at radius 3 is 2.00 bits per heavy atom. The molecule has 0 amide bonds. The van der Waals surface area contributed by atoms with E-state index in [0.717, 1.165) is 16.7 Å². The Morgan fingerprint density at radius 1 is 0.884 bits per heavy atom. The SMILES string of the molecule is COc1ccc(C(OCCO[C@@H]2[C@H](O)[C@@H](CO)O[C@H]2n2ccc(N)nc2=O)(c2ccccc2)c2ccc(OC)cc2)cc1. The predicted octanol–water partition coefficient (Wildman–Crippen LogP) is 2.49. The monoisotopic (exact) mass is 589 g/mol. The fourth-order valence-electron chi connectivity index (χ4n) is 5.35. The Labute approximate surface area is 249 Å². The summed E-state index contributed by atoms with van der Waals surface area (Å²) in [6, 6.07) is 26.6. The summed E-state index contributed by atoms with van der Waals surface area (Å²) >= 11 is 0. The van der Waals surface area contributed by atoms with Gasteiger partial charge < -0.3 is 39.6 Å². The Hall–Kier alpha value is -4.26. The predicted molar refractivity (Wildman–Crippen MR) is 158 cm³/mol. The van der Waals surface area contributed by atoms with E-state index in [9.17, 15) is 15.0 Å². The summed E-state index contributed by atoms with van der Waals surface area (Å²) in [6.07, 6.45) is -2.77. The fraction of sp³-hybridized carbons (Fsp3) is 0.312. The van der Waals surface area contributed by atoms with Crippen molar-refractivity contribution in [2.75, 3.05) is 39.8 Å². The second kappa shape index (κ2) is 13.4. The lowest BCUT2D eigenvalue weighted by molar-refractivity contribution is -0.0961. The summed E-state index contributed by atoms with van der Waals surface area (Å²) in [7, 11) is 3.22. The van der Waals surface area contributed by atoms with Gasteiger partial charge in [-0.05, 0) is 47.0 Å². The number of aliphatic hydroxyl groups excluding tert-OH is 2. The number of rotatable bonds is 12. The van der Waals surface area contributed by atoms with Crippen LogP contribution in [0.4, 0.5) is 5.82 Å². The van der Waals surface area contributed by atoms with Crippen LogP contribution < -0.4 is 20.9 Å². The lowest BCUT2D eigenvalue weighted by atomic mass is 9.80. The molecule has 4 atom stereocenters. The van der Waals surface area contributed by atoms with Crippen LogP contribution in [-0.2, 0) is 19.8 Å². The lowest BCUT2D eigenvalue weighted by Crippen LogP contribution is -2.39. The topological polar surface area (TPSA) is 148 Å². The minimum absolute atomic E-state index is 0.0256. The van der Waals surface area contributed by atoms with Crippen molar-refractivity contribution in [2.24, 2.45) is 0 Å². The number of anilines is 1. The molecular weight excluding hydrogens is 554 g/mol. The second-order valence-corrected chi connectivity index (χ2v) is 9.97. The second-order valence-electron chi connectivity index (χ2n) is 9.97. The van der Waals surface area contributed by atoms with Crippen LogP contribution in [0, 0.1) is 0 Å². The fourth-order valence-corrected chi connectivity index (χ4v) is 5.35. The van der Waals surface area contributed by atoms with Crippen LogP contribution in [0.15, 0.2) is 95.9 Å².